The fraction of sp³-hybridized carbons (Fsp3) is 0.375. The van der Waals surface area contributed by atoms with Crippen molar-refractivity contribution in [2.45, 2.75) is 6.42 Å². The summed E-state index contributed by atoms with van der Waals surface area (Å²) in [6.45, 7) is 1.35. The third kappa shape index (κ3) is 3.10. The summed E-state index contributed by atoms with van der Waals surface area (Å²) in [6, 6.07) is 8.07. The second kappa shape index (κ2) is 6.17. The van der Waals surface area contributed by atoms with Gasteiger partial charge in [0.25, 0.3) is 0 Å². The molecule has 1 aromatic heterocycles. The summed E-state index contributed by atoms with van der Waals surface area (Å²) in [4.78, 5) is 9.80. The first-order chi connectivity index (χ1) is 10.6. The van der Waals surface area contributed by atoms with E-state index in [1.54, 1.807) is 19.0 Å². The van der Waals surface area contributed by atoms with Crippen LogP contribution in [0.15, 0.2) is 30.5 Å². The highest BCUT2D eigenvalue weighted by molar-refractivity contribution is 5.42. The fourth-order valence-electron chi connectivity index (χ4n) is 2.51. The Bertz CT molecular complexity index is 662. The third-order valence-electron chi connectivity index (χ3n) is 3.65. The number of nitrogens with one attached hydrogen (secondary N) is 1. The molecule has 0 saturated carbocycles. The number of nitrogens with zero attached hydrogens (tertiary/aromatic N) is 3. The van der Waals surface area contributed by atoms with Crippen LogP contribution in [0.1, 0.15) is 5.56 Å². The molecule has 116 valence electrons. The Hall–Kier alpha value is -2.37. The highest BCUT2D eigenvalue weighted by atomic mass is 19.1. The topological polar surface area (TPSA) is 50.3 Å². The Labute approximate surface area is 129 Å². The van der Waals surface area contributed by atoms with Gasteiger partial charge in [-0.1, -0.05) is 18.2 Å². The lowest BCUT2D eigenvalue weighted by Crippen LogP contribution is -2.28. The molecule has 1 N–H and O–H groups in total. The van der Waals surface area contributed by atoms with Crippen LogP contribution in [-0.4, -0.2) is 37.2 Å². The fourth-order valence-corrected chi connectivity index (χ4v) is 2.51. The summed E-state index contributed by atoms with van der Waals surface area (Å²) >= 11 is 0. The van der Waals surface area contributed by atoms with Gasteiger partial charge in [0, 0.05) is 26.6 Å². The number of fused-ring (bicyclic) bond motifs is 1. The van der Waals surface area contributed by atoms with Gasteiger partial charge in [-0.25, -0.2) is 9.37 Å². The van der Waals surface area contributed by atoms with E-state index in [0.29, 0.717) is 25.0 Å². The Morgan fingerprint density at radius 2 is 2.18 bits per heavy atom. The van der Waals surface area contributed by atoms with Crippen LogP contribution >= 0.6 is 0 Å². The summed E-state index contributed by atoms with van der Waals surface area (Å²) in [5, 5.41) is 3.17. The van der Waals surface area contributed by atoms with Gasteiger partial charge < -0.3 is 15.0 Å². The van der Waals surface area contributed by atoms with Gasteiger partial charge in [0.2, 0.25) is 5.95 Å². The molecule has 0 amide bonds. The van der Waals surface area contributed by atoms with Crippen molar-refractivity contribution >= 4 is 11.8 Å². The summed E-state index contributed by atoms with van der Waals surface area (Å²) in [6.07, 6.45) is 2.14. The van der Waals surface area contributed by atoms with E-state index in [9.17, 15) is 4.39 Å². The zero-order valence-electron chi connectivity index (χ0n) is 12.7. The van der Waals surface area contributed by atoms with Crippen molar-refractivity contribution in [3.63, 3.8) is 0 Å². The number of ether oxygens (including phenoxy) is 1. The Kier molecular flexibility index (Phi) is 4.09. The van der Waals surface area contributed by atoms with Crippen molar-refractivity contribution in [3.8, 4) is 5.75 Å². The van der Waals surface area contributed by atoms with E-state index in [2.05, 4.69) is 21.4 Å². The number of halogens is 1. The lowest BCUT2D eigenvalue weighted by molar-refractivity contribution is 0.229. The van der Waals surface area contributed by atoms with Crippen molar-refractivity contribution in [3.05, 3.63) is 41.8 Å². The molecule has 2 heterocycles. The van der Waals surface area contributed by atoms with Crippen LogP contribution in [0, 0.1) is 11.7 Å². The zero-order valence-corrected chi connectivity index (χ0v) is 12.7. The number of anilines is 2. The summed E-state index contributed by atoms with van der Waals surface area (Å²) < 4.78 is 19.3. The van der Waals surface area contributed by atoms with Gasteiger partial charge in [0.05, 0.1) is 12.8 Å². The Morgan fingerprint density at radius 1 is 1.36 bits per heavy atom. The molecule has 5 nitrogen and oxygen atoms in total. The molecule has 0 spiro atoms. The SMILES string of the molecule is CN(C)c1nc(NC[C@H]2COc3ccccc3C2)ncc1F. The highest BCUT2D eigenvalue weighted by Crippen LogP contribution is 2.26. The van der Waals surface area contributed by atoms with Crippen LogP contribution in [-0.2, 0) is 6.42 Å². The zero-order chi connectivity index (χ0) is 15.5. The lowest BCUT2D eigenvalue weighted by atomic mass is 9.97. The molecule has 3 rings (SSSR count). The molecule has 6 heteroatoms. The number of aromatic nitrogens is 2. The maximum Gasteiger partial charge on any atom is 0.224 e. The summed E-state index contributed by atoms with van der Waals surface area (Å²) in [5.41, 5.74) is 1.22. The van der Waals surface area contributed by atoms with E-state index in [-0.39, 0.29) is 5.82 Å². The van der Waals surface area contributed by atoms with Crippen LogP contribution < -0.4 is 15.0 Å². The van der Waals surface area contributed by atoms with E-state index in [1.165, 1.54) is 11.8 Å². The molecule has 1 aromatic carbocycles. The van der Waals surface area contributed by atoms with E-state index < -0.39 is 5.82 Å². The first-order valence-corrected chi connectivity index (χ1v) is 7.28. The summed E-state index contributed by atoms with van der Waals surface area (Å²) in [5.74, 6) is 1.59. The number of para-hydroxylation sites is 1. The van der Waals surface area contributed by atoms with E-state index in [4.69, 9.17) is 4.74 Å². The van der Waals surface area contributed by atoms with Gasteiger partial charge in [-0.05, 0) is 18.1 Å². The van der Waals surface area contributed by atoms with E-state index in [1.807, 2.05) is 18.2 Å². The molecular weight excluding hydrogens is 283 g/mol. The number of rotatable bonds is 4. The number of hydrogen-bond donors (Lipinski definition) is 1. The molecule has 0 saturated heterocycles. The molecule has 0 radical (unpaired) electrons. The van der Waals surface area contributed by atoms with Crippen molar-refractivity contribution in [2.75, 3.05) is 37.5 Å². The largest absolute Gasteiger partial charge is 0.493 e. The van der Waals surface area contributed by atoms with Crippen LogP contribution in [0.4, 0.5) is 16.2 Å². The monoisotopic (exact) mass is 302 g/mol. The van der Waals surface area contributed by atoms with Crippen LogP contribution in [0.2, 0.25) is 0 Å². The van der Waals surface area contributed by atoms with E-state index >= 15 is 0 Å². The molecule has 0 aliphatic carbocycles. The minimum Gasteiger partial charge on any atom is -0.493 e. The maximum atomic E-state index is 13.6. The quantitative estimate of drug-likeness (QED) is 0.939. The van der Waals surface area contributed by atoms with Gasteiger partial charge in [-0.15, -0.1) is 0 Å². The lowest BCUT2D eigenvalue weighted by Gasteiger charge is -2.25. The molecular formula is C16H19FN4O. The molecule has 2 aromatic rings. The summed E-state index contributed by atoms with van der Waals surface area (Å²) in [7, 11) is 3.50. The van der Waals surface area contributed by atoms with E-state index in [0.717, 1.165) is 12.2 Å². The molecule has 1 aliphatic rings. The Balaban J connectivity index is 1.63. The number of benzene rings is 1. The van der Waals surface area contributed by atoms with Crippen LogP contribution in [0.5, 0.6) is 5.75 Å². The predicted molar refractivity (Wildman–Crippen MR) is 83.9 cm³/mol. The standard InChI is InChI=1S/C16H19FN4O/c1-21(2)15-13(17)9-19-16(20-15)18-8-11-7-12-5-3-4-6-14(12)22-10-11/h3-6,9,11H,7-8,10H2,1-2H3,(H,18,19,20)/t11-/m0/s1. The highest BCUT2D eigenvalue weighted by Gasteiger charge is 2.19. The van der Waals surface area contributed by atoms with Gasteiger partial charge in [0.1, 0.15) is 5.75 Å². The first kappa shape index (κ1) is 14.6. The van der Waals surface area contributed by atoms with Gasteiger partial charge in [-0.3, -0.25) is 0 Å². The third-order valence-corrected chi connectivity index (χ3v) is 3.65. The normalized spacial score (nSPS) is 16.6. The number of hydrogen-bond acceptors (Lipinski definition) is 5. The van der Waals surface area contributed by atoms with Crippen LogP contribution in [0.3, 0.4) is 0 Å². The molecule has 0 fully saturated rings. The molecule has 22 heavy (non-hydrogen) atoms. The van der Waals surface area contributed by atoms with Gasteiger partial charge in [-0.2, -0.15) is 4.98 Å². The first-order valence-electron chi connectivity index (χ1n) is 7.28. The smallest absolute Gasteiger partial charge is 0.224 e. The molecule has 0 bridgehead atoms. The van der Waals surface area contributed by atoms with Crippen LogP contribution in [0.25, 0.3) is 0 Å². The molecule has 1 aliphatic heterocycles. The minimum absolute atomic E-state index is 0.280. The van der Waals surface area contributed by atoms with Crippen molar-refractivity contribution in [2.24, 2.45) is 5.92 Å². The van der Waals surface area contributed by atoms with Gasteiger partial charge >= 0.3 is 0 Å². The maximum absolute atomic E-state index is 13.6. The van der Waals surface area contributed by atoms with Crippen molar-refractivity contribution in [1.29, 1.82) is 0 Å². The second-order valence-electron chi connectivity index (χ2n) is 5.63. The average molecular weight is 302 g/mol. The average Bonchev–Trinajstić information content (AvgIpc) is 2.53. The van der Waals surface area contributed by atoms with Crippen molar-refractivity contribution < 1.29 is 9.13 Å². The molecule has 0 unspecified atom stereocenters. The minimum atomic E-state index is -0.425. The second-order valence-corrected chi connectivity index (χ2v) is 5.63. The molecule has 1 atom stereocenters. The van der Waals surface area contributed by atoms with Crippen molar-refractivity contribution in [1.82, 2.24) is 9.97 Å². The predicted octanol–water partition coefficient (Wildman–Crippen LogP) is 2.34. The van der Waals surface area contributed by atoms with Gasteiger partial charge in [0.15, 0.2) is 11.6 Å². The Morgan fingerprint density at radius 3 is 3.00 bits per heavy atom.